The van der Waals surface area contributed by atoms with Crippen molar-refractivity contribution in [3.05, 3.63) is 23.8 Å². The molecule has 5 nitrogen and oxygen atoms in total. The summed E-state index contributed by atoms with van der Waals surface area (Å²) in [5, 5.41) is 17.8. The van der Waals surface area contributed by atoms with Gasteiger partial charge in [0.15, 0.2) is 17.5 Å². The molecule has 26 heavy (non-hydrogen) atoms. The Morgan fingerprint density at radius 3 is 2.85 bits per heavy atom. The number of halogens is 1. The predicted octanol–water partition coefficient (Wildman–Crippen LogP) is 3.79. The molecule has 2 rings (SSSR count). The van der Waals surface area contributed by atoms with Crippen LogP contribution in [0, 0.1) is 0 Å². The van der Waals surface area contributed by atoms with Gasteiger partial charge in [-0.2, -0.15) is 11.8 Å². The number of phenolic OH excluding ortho intramolecular Hbond substituents is 1. The Labute approximate surface area is 178 Å². The number of nitrogens with zero attached hydrogens (tertiary/aromatic N) is 1. The zero-order valence-corrected chi connectivity index (χ0v) is 19.1. The van der Waals surface area contributed by atoms with Crippen molar-refractivity contribution in [3.63, 3.8) is 0 Å². The fourth-order valence-electron chi connectivity index (χ4n) is 3.19. The molecule has 2 unspecified atom stereocenters. The van der Waals surface area contributed by atoms with Gasteiger partial charge in [-0.3, -0.25) is 4.99 Å². The van der Waals surface area contributed by atoms with E-state index in [9.17, 15) is 5.11 Å². The monoisotopic (exact) mass is 493 g/mol. The molecule has 7 heteroatoms. The van der Waals surface area contributed by atoms with E-state index in [-0.39, 0.29) is 29.7 Å². The standard InChI is InChI=1S/C19H31N3O2S.HI/c1-4-20-19(22-15-9-10-16(13-15)25-5-2)21-12-11-14-7-6-8-17(24-3)18(14)23;/h6-8,15-16,23H,4-5,9-13H2,1-3H3,(H2,20,21,22);1H. The van der Waals surface area contributed by atoms with Crippen LogP contribution in [0.3, 0.4) is 0 Å². The highest BCUT2D eigenvalue weighted by Gasteiger charge is 2.25. The van der Waals surface area contributed by atoms with E-state index in [0.717, 1.165) is 23.3 Å². The summed E-state index contributed by atoms with van der Waals surface area (Å²) in [5.41, 5.74) is 0.860. The number of rotatable bonds is 8. The van der Waals surface area contributed by atoms with E-state index >= 15 is 0 Å². The Bertz CT molecular complexity index is 572. The van der Waals surface area contributed by atoms with Crippen molar-refractivity contribution in [2.24, 2.45) is 4.99 Å². The van der Waals surface area contributed by atoms with Gasteiger partial charge in [-0.15, -0.1) is 24.0 Å². The topological polar surface area (TPSA) is 65.9 Å². The zero-order chi connectivity index (χ0) is 18.1. The van der Waals surface area contributed by atoms with Crippen LogP contribution in [0.2, 0.25) is 0 Å². The van der Waals surface area contributed by atoms with Gasteiger partial charge >= 0.3 is 0 Å². The molecule has 1 aromatic rings. The van der Waals surface area contributed by atoms with Gasteiger partial charge in [0.25, 0.3) is 0 Å². The van der Waals surface area contributed by atoms with Gasteiger partial charge in [0.05, 0.1) is 7.11 Å². The number of methoxy groups -OCH3 is 1. The highest BCUT2D eigenvalue weighted by atomic mass is 127. The maximum atomic E-state index is 10.2. The fraction of sp³-hybridized carbons (Fsp3) is 0.632. The number of nitrogens with one attached hydrogen (secondary N) is 2. The Kier molecular flexibility index (Phi) is 11.2. The molecule has 0 radical (unpaired) electrons. The van der Waals surface area contributed by atoms with Crippen LogP contribution >= 0.6 is 35.7 Å². The lowest BCUT2D eigenvalue weighted by molar-refractivity contribution is 0.370. The first-order chi connectivity index (χ1) is 12.2. The molecular weight excluding hydrogens is 461 g/mol. The normalized spacial score (nSPS) is 19.7. The summed E-state index contributed by atoms with van der Waals surface area (Å²) >= 11 is 2.06. The molecule has 148 valence electrons. The van der Waals surface area contributed by atoms with Crippen molar-refractivity contribution < 1.29 is 9.84 Å². The number of aliphatic imine (C=N–C) groups is 1. The van der Waals surface area contributed by atoms with Gasteiger partial charge < -0.3 is 20.5 Å². The maximum absolute atomic E-state index is 10.2. The predicted molar refractivity (Wildman–Crippen MR) is 122 cm³/mol. The van der Waals surface area contributed by atoms with E-state index < -0.39 is 0 Å². The molecule has 0 saturated heterocycles. The summed E-state index contributed by atoms with van der Waals surface area (Å²) in [6.07, 6.45) is 4.38. The molecular formula is C19H32IN3O2S. The Hall–Kier alpha value is -0.830. The molecule has 1 fully saturated rings. The van der Waals surface area contributed by atoms with Crippen molar-refractivity contribution in [3.8, 4) is 11.5 Å². The number of ether oxygens (including phenoxy) is 1. The molecule has 0 aromatic heterocycles. The lowest BCUT2D eigenvalue weighted by atomic mass is 10.1. The van der Waals surface area contributed by atoms with E-state index in [1.54, 1.807) is 13.2 Å². The number of hydrogen-bond acceptors (Lipinski definition) is 4. The second-order valence-electron chi connectivity index (χ2n) is 6.21. The van der Waals surface area contributed by atoms with Gasteiger partial charge in [0.1, 0.15) is 0 Å². The lowest BCUT2D eigenvalue weighted by Crippen LogP contribution is -2.42. The summed E-state index contributed by atoms with van der Waals surface area (Å²) in [7, 11) is 1.57. The molecule has 1 aliphatic carbocycles. The molecule has 0 aliphatic heterocycles. The number of para-hydroxylation sites is 1. The molecule has 3 N–H and O–H groups in total. The Morgan fingerprint density at radius 1 is 1.35 bits per heavy atom. The first-order valence-electron chi connectivity index (χ1n) is 9.19. The van der Waals surface area contributed by atoms with Crippen molar-refractivity contribution in [1.82, 2.24) is 10.6 Å². The van der Waals surface area contributed by atoms with Crippen LogP contribution in [0.1, 0.15) is 38.7 Å². The smallest absolute Gasteiger partial charge is 0.191 e. The van der Waals surface area contributed by atoms with Gasteiger partial charge in [-0.05, 0) is 50.0 Å². The van der Waals surface area contributed by atoms with Crippen LogP contribution in [0.5, 0.6) is 11.5 Å². The van der Waals surface area contributed by atoms with Crippen molar-refractivity contribution in [2.75, 3.05) is 26.0 Å². The van der Waals surface area contributed by atoms with E-state index in [4.69, 9.17) is 4.74 Å². The molecule has 0 heterocycles. The third-order valence-electron chi connectivity index (χ3n) is 4.43. The molecule has 1 aliphatic rings. The first-order valence-corrected chi connectivity index (χ1v) is 10.2. The van der Waals surface area contributed by atoms with Gasteiger partial charge in [0.2, 0.25) is 0 Å². The van der Waals surface area contributed by atoms with E-state index in [1.165, 1.54) is 25.0 Å². The van der Waals surface area contributed by atoms with Crippen molar-refractivity contribution >= 4 is 41.7 Å². The summed E-state index contributed by atoms with van der Waals surface area (Å²) in [6, 6.07) is 6.08. The molecule has 2 atom stereocenters. The average molecular weight is 493 g/mol. The quantitative estimate of drug-likeness (QED) is 0.292. The van der Waals surface area contributed by atoms with Gasteiger partial charge in [0, 0.05) is 24.4 Å². The van der Waals surface area contributed by atoms with Crippen LogP contribution in [0.25, 0.3) is 0 Å². The van der Waals surface area contributed by atoms with E-state index in [1.807, 2.05) is 12.1 Å². The maximum Gasteiger partial charge on any atom is 0.191 e. The summed E-state index contributed by atoms with van der Waals surface area (Å²) in [5.74, 6) is 2.79. The fourth-order valence-corrected chi connectivity index (χ4v) is 4.34. The number of guanidine groups is 1. The number of hydrogen-bond donors (Lipinski definition) is 3. The largest absolute Gasteiger partial charge is 0.504 e. The van der Waals surface area contributed by atoms with Crippen LogP contribution in [0.15, 0.2) is 23.2 Å². The van der Waals surface area contributed by atoms with Crippen molar-refractivity contribution in [2.45, 2.75) is 50.8 Å². The first kappa shape index (κ1) is 23.2. The minimum Gasteiger partial charge on any atom is -0.504 e. The van der Waals surface area contributed by atoms with Crippen LogP contribution < -0.4 is 15.4 Å². The van der Waals surface area contributed by atoms with Crippen LogP contribution in [-0.2, 0) is 6.42 Å². The van der Waals surface area contributed by atoms with Crippen LogP contribution in [-0.4, -0.2) is 48.3 Å². The Balaban J connectivity index is 0.00000338. The van der Waals surface area contributed by atoms with E-state index in [2.05, 4.69) is 41.2 Å². The minimum atomic E-state index is 0. The number of benzene rings is 1. The highest BCUT2D eigenvalue weighted by molar-refractivity contribution is 14.0. The SMILES string of the molecule is CCNC(=NCCc1cccc(OC)c1O)NC1CCC(SCC)C1.I. The number of thioether (sulfide) groups is 1. The lowest BCUT2D eigenvalue weighted by Gasteiger charge is -2.17. The Morgan fingerprint density at radius 2 is 2.15 bits per heavy atom. The van der Waals surface area contributed by atoms with Crippen LogP contribution in [0.4, 0.5) is 0 Å². The number of phenols is 1. The zero-order valence-electron chi connectivity index (χ0n) is 16.0. The van der Waals surface area contributed by atoms with Gasteiger partial charge in [-0.1, -0.05) is 19.1 Å². The van der Waals surface area contributed by atoms with Gasteiger partial charge in [-0.25, -0.2) is 0 Å². The van der Waals surface area contributed by atoms with Crippen molar-refractivity contribution in [1.29, 1.82) is 0 Å². The minimum absolute atomic E-state index is 0. The summed E-state index contributed by atoms with van der Waals surface area (Å²) in [6.45, 7) is 5.77. The second kappa shape index (κ2) is 12.5. The third kappa shape index (κ3) is 7.06. The summed E-state index contributed by atoms with van der Waals surface area (Å²) < 4.78 is 5.16. The number of aromatic hydroxyl groups is 1. The molecule has 0 amide bonds. The molecule has 0 spiro atoms. The molecule has 1 aromatic carbocycles. The summed E-state index contributed by atoms with van der Waals surface area (Å²) in [4.78, 5) is 4.68. The average Bonchev–Trinajstić information content (AvgIpc) is 3.04. The molecule has 1 saturated carbocycles. The van der Waals surface area contributed by atoms with E-state index in [0.29, 0.717) is 24.8 Å². The third-order valence-corrected chi connectivity index (χ3v) is 5.66. The second-order valence-corrected chi connectivity index (χ2v) is 7.79. The highest BCUT2D eigenvalue weighted by Crippen LogP contribution is 2.30. The molecule has 0 bridgehead atoms.